The number of hydrogen-bond acceptors (Lipinski definition) is 0. The third-order valence-corrected chi connectivity index (χ3v) is 2.47. The van der Waals surface area contributed by atoms with E-state index in [0.717, 1.165) is 10.9 Å². The third kappa shape index (κ3) is 1.27. The molecule has 0 atom stereocenters. The quantitative estimate of drug-likeness (QED) is 0.650. The Morgan fingerprint density at radius 1 is 1.36 bits per heavy atom. The molecular weight excluding hydrogens is 172 g/mol. The SMILES string of the molecule is [C-]#[N+]c1c[nH]c2ccc(C(C)C)cc12. The highest BCUT2D eigenvalue weighted by atomic mass is 14.8. The normalized spacial score (nSPS) is 10.7. The molecule has 0 saturated carbocycles. The molecule has 2 heteroatoms. The van der Waals surface area contributed by atoms with E-state index in [-0.39, 0.29) is 0 Å². The van der Waals surface area contributed by atoms with Crippen LogP contribution in [0.2, 0.25) is 0 Å². The molecule has 2 rings (SSSR count). The van der Waals surface area contributed by atoms with Gasteiger partial charge in [-0.1, -0.05) is 26.0 Å². The van der Waals surface area contributed by atoms with Crippen LogP contribution in [0.1, 0.15) is 25.3 Å². The highest BCUT2D eigenvalue weighted by Crippen LogP contribution is 2.28. The van der Waals surface area contributed by atoms with Gasteiger partial charge in [-0.25, -0.2) is 4.85 Å². The minimum Gasteiger partial charge on any atom is -0.372 e. The summed E-state index contributed by atoms with van der Waals surface area (Å²) in [7, 11) is 0. The van der Waals surface area contributed by atoms with Crippen molar-refractivity contribution in [3.8, 4) is 0 Å². The highest BCUT2D eigenvalue weighted by Gasteiger charge is 2.05. The fourth-order valence-electron chi connectivity index (χ4n) is 1.58. The van der Waals surface area contributed by atoms with Crippen molar-refractivity contribution in [3.63, 3.8) is 0 Å². The molecule has 0 bridgehead atoms. The van der Waals surface area contributed by atoms with Crippen molar-refractivity contribution in [1.82, 2.24) is 4.98 Å². The largest absolute Gasteiger partial charge is 0.372 e. The molecule has 1 heterocycles. The lowest BCUT2D eigenvalue weighted by atomic mass is 10.0. The van der Waals surface area contributed by atoms with Gasteiger partial charge >= 0.3 is 0 Å². The fraction of sp³-hybridized carbons (Fsp3) is 0.250. The van der Waals surface area contributed by atoms with Crippen molar-refractivity contribution in [2.75, 3.05) is 0 Å². The summed E-state index contributed by atoms with van der Waals surface area (Å²) in [4.78, 5) is 6.57. The van der Waals surface area contributed by atoms with Crippen LogP contribution >= 0.6 is 0 Å². The summed E-state index contributed by atoms with van der Waals surface area (Å²) in [6.07, 6.45) is 1.77. The van der Waals surface area contributed by atoms with Crippen molar-refractivity contribution < 1.29 is 0 Å². The summed E-state index contributed by atoms with van der Waals surface area (Å²) < 4.78 is 0. The van der Waals surface area contributed by atoms with E-state index in [4.69, 9.17) is 6.57 Å². The van der Waals surface area contributed by atoms with E-state index < -0.39 is 0 Å². The fourth-order valence-corrected chi connectivity index (χ4v) is 1.58. The summed E-state index contributed by atoms with van der Waals surface area (Å²) >= 11 is 0. The molecule has 14 heavy (non-hydrogen) atoms. The van der Waals surface area contributed by atoms with Crippen LogP contribution in [0.15, 0.2) is 24.4 Å². The lowest BCUT2D eigenvalue weighted by molar-refractivity contribution is 0.869. The summed E-state index contributed by atoms with van der Waals surface area (Å²) in [5.74, 6) is 0.507. The number of aromatic amines is 1. The van der Waals surface area contributed by atoms with Crippen LogP contribution in [0, 0.1) is 6.57 Å². The second-order valence-corrected chi connectivity index (χ2v) is 3.75. The smallest absolute Gasteiger partial charge is 0.211 e. The second-order valence-electron chi connectivity index (χ2n) is 3.75. The first kappa shape index (κ1) is 8.83. The Kier molecular flexibility index (Phi) is 2.01. The Bertz CT molecular complexity index is 501. The molecule has 0 spiro atoms. The molecule has 0 radical (unpaired) electrons. The van der Waals surface area contributed by atoms with Gasteiger partial charge in [-0.15, -0.1) is 0 Å². The Labute approximate surface area is 83.4 Å². The van der Waals surface area contributed by atoms with Gasteiger partial charge in [0.15, 0.2) is 0 Å². The predicted molar refractivity (Wildman–Crippen MR) is 58.6 cm³/mol. The van der Waals surface area contributed by atoms with Crippen LogP contribution in [-0.4, -0.2) is 4.98 Å². The molecule has 70 valence electrons. The molecule has 0 aliphatic rings. The molecule has 0 saturated heterocycles. The maximum absolute atomic E-state index is 7.03. The Morgan fingerprint density at radius 2 is 2.14 bits per heavy atom. The number of nitrogens with one attached hydrogen (secondary N) is 1. The summed E-state index contributed by atoms with van der Waals surface area (Å²) in [6, 6.07) is 6.25. The van der Waals surface area contributed by atoms with Crippen LogP contribution in [-0.2, 0) is 0 Å². The zero-order chi connectivity index (χ0) is 10.1. The maximum Gasteiger partial charge on any atom is 0.211 e. The zero-order valence-electron chi connectivity index (χ0n) is 8.33. The third-order valence-electron chi connectivity index (χ3n) is 2.47. The number of H-pyrrole nitrogens is 1. The van der Waals surface area contributed by atoms with E-state index in [0.29, 0.717) is 11.6 Å². The van der Waals surface area contributed by atoms with Crippen LogP contribution in [0.3, 0.4) is 0 Å². The van der Waals surface area contributed by atoms with Crippen LogP contribution in [0.5, 0.6) is 0 Å². The number of aromatic nitrogens is 1. The molecule has 0 amide bonds. The molecule has 1 aromatic carbocycles. The standard InChI is InChI=1S/C12H12N2/c1-8(2)9-4-5-11-10(6-9)12(13-3)7-14-11/h4-8,14H,1-2H3. The highest BCUT2D eigenvalue weighted by molar-refractivity contribution is 5.93. The predicted octanol–water partition coefficient (Wildman–Crippen LogP) is 3.84. The van der Waals surface area contributed by atoms with Gasteiger partial charge in [0.1, 0.15) is 0 Å². The molecule has 0 aliphatic heterocycles. The number of rotatable bonds is 1. The van der Waals surface area contributed by atoms with Crippen LogP contribution < -0.4 is 0 Å². The lowest BCUT2D eigenvalue weighted by Crippen LogP contribution is -1.85. The van der Waals surface area contributed by atoms with Gasteiger partial charge in [-0.05, 0) is 17.5 Å². The van der Waals surface area contributed by atoms with Gasteiger partial charge in [0, 0.05) is 17.1 Å². The summed E-state index contributed by atoms with van der Waals surface area (Å²) in [5.41, 5.74) is 3.03. The first-order valence-electron chi connectivity index (χ1n) is 4.71. The number of benzene rings is 1. The van der Waals surface area contributed by atoms with E-state index in [2.05, 4.69) is 35.8 Å². The van der Waals surface area contributed by atoms with Gasteiger partial charge in [-0.2, -0.15) is 0 Å². The van der Waals surface area contributed by atoms with Crippen LogP contribution in [0.4, 0.5) is 5.69 Å². The molecule has 2 aromatic rings. The van der Waals surface area contributed by atoms with Crippen molar-refractivity contribution >= 4 is 16.6 Å². The Balaban J connectivity index is 2.69. The Hall–Kier alpha value is -1.75. The zero-order valence-corrected chi connectivity index (χ0v) is 8.33. The van der Waals surface area contributed by atoms with Crippen LogP contribution in [0.25, 0.3) is 15.7 Å². The Morgan fingerprint density at radius 3 is 2.79 bits per heavy atom. The topological polar surface area (TPSA) is 20.1 Å². The average molecular weight is 184 g/mol. The van der Waals surface area contributed by atoms with Gasteiger partial charge in [0.25, 0.3) is 0 Å². The maximum atomic E-state index is 7.03. The molecule has 0 unspecified atom stereocenters. The molecule has 0 aliphatic carbocycles. The van der Waals surface area contributed by atoms with E-state index in [1.807, 2.05) is 6.07 Å². The van der Waals surface area contributed by atoms with Crippen molar-refractivity contribution in [2.45, 2.75) is 19.8 Å². The van der Waals surface area contributed by atoms with Crippen molar-refractivity contribution in [1.29, 1.82) is 0 Å². The number of hydrogen-bond donors (Lipinski definition) is 1. The van der Waals surface area contributed by atoms with Gasteiger partial charge in [0.2, 0.25) is 5.69 Å². The monoisotopic (exact) mass is 184 g/mol. The number of nitrogens with zero attached hydrogens (tertiary/aromatic N) is 1. The second kappa shape index (κ2) is 3.19. The molecule has 1 N–H and O–H groups in total. The minimum atomic E-state index is 0.507. The van der Waals surface area contributed by atoms with Gasteiger partial charge in [-0.3, -0.25) is 0 Å². The summed E-state index contributed by atoms with van der Waals surface area (Å²) in [6.45, 7) is 11.3. The molecule has 2 nitrogen and oxygen atoms in total. The van der Waals surface area contributed by atoms with E-state index in [9.17, 15) is 0 Å². The van der Waals surface area contributed by atoms with E-state index in [1.54, 1.807) is 6.20 Å². The minimum absolute atomic E-state index is 0.507. The molecule has 0 fully saturated rings. The van der Waals surface area contributed by atoms with Crippen molar-refractivity contribution in [3.05, 3.63) is 41.4 Å². The van der Waals surface area contributed by atoms with Crippen molar-refractivity contribution in [2.24, 2.45) is 0 Å². The number of fused-ring (bicyclic) bond motifs is 1. The first-order chi connectivity index (χ1) is 6.72. The van der Waals surface area contributed by atoms with Gasteiger partial charge in [0.05, 0.1) is 6.57 Å². The van der Waals surface area contributed by atoms with Gasteiger partial charge < -0.3 is 4.98 Å². The average Bonchev–Trinajstić information content (AvgIpc) is 2.59. The molecule has 1 aromatic heterocycles. The summed E-state index contributed by atoms with van der Waals surface area (Å²) in [5, 5.41) is 1.03. The lowest BCUT2D eigenvalue weighted by Gasteiger charge is -2.04. The molecular formula is C12H12N2. The van der Waals surface area contributed by atoms with E-state index >= 15 is 0 Å². The first-order valence-corrected chi connectivity index (χ1v) is 4.71. The van der Waals surface area contributed by atoms with E-state index in [1.165, 1.54) is 5.56 Å².